The van der Waals surface area contributed by atoms with Crippen LogP contribution in [0.2, 0.25) is 0 Å². The SMILES string of the molecule is CC(C)Oc1cccc2nc(NC(=O)/C(C=N)=C/C=N)n(C3CCCCN(C(=O)/C=C/CN(C)C)C3)c12. The van der Waals surface area contributed by atoms with E-state index in [-0.39, 0.29) is 23.6 Å². The van der Waals surface area contributed by atoms with Gasteiger partial charge in [-0.3, -0.25) is 14.9 Å². The molecule has 0 spiro atoms. The largest absolute Gasteiger partial charge is 0.489 e. The molecule has 1 fully saturated rings. The molecule has 1 aromatic carbocycles. The van der Waals surface area contributed by atoms with Crippen LogP contribution in [0.1, 0.15) is 39.2 Å². The Labute approximate surface area is 218 Å². The van der Waals surface area contributed by atoms with E-state index in [1.165, 1.54) is 6.08 Å². The van der Waals surface area contributed by atoms with E-state index < -0.39 is 5.91 Å². The van der Waals surface area contributed by atoms with E-state index in [9.17, 15) is 9.59 Å². The third-order valence-electron chi connectivity index (χ3n) is 6.00. The highest BCUT2D eigenvalue weighted by Gasteiger charge is 2.28. The standard InChI is InChI=1S/C27H37N7O3/c1-19(2)37-23-11-7-10-22-25(23)34(27(30-22)31-26(36)20(17-29)13-14-28)21-9-5-6-16-33(18-21)24(35)12-8-15-32(3)4/h7-8,10-14,17,19,21,28-29H,5-6,9,15-16,18H2,1-4H3,(H,30,31,36)/b12-8+,20-13+,28-14?,29-17?. The first-order valence-electron chi connectivity index (χ1n) is 12.6. The number of carbonyl (C=O) groups excluding carboxylic acids is 2. The maximum atomic E-state index is 13.0. The highest BCUT2D eigenvalue weighted by Crippen LogP contribution is 2.35. The third kappa shape index (κ3) is 7.13. The summed E-state index contributed by atoms with van der Waals surface area (Å²) in [6.45, 7) is 5.70. The number of benzene rings is 1. The number of fused-ring (bicyclic) bond motifs is 1. The molecular formula is C27H37N7O3. The first kappa shape index (κ1) is 27.8. The fraction of sp³-hybridized carbons (Fsp3) is 0.444. The van der Waals surface area contributed by atoms with Crippen molar-refractivity contribution in [2.45, 2.75) is 45.3 Å². The maximum absolute atomic E-state index is 13.0. The van der Waals surface area contributed by atoms with Crippen LogP contribution in [0.5, 0.6) is 5.75 Å². The van der Waals surface area contributed by atoms with Crippen LogP contribution in [-0.4, -0.2) is 83.4 Å². The van der Waals surface area contributed by atoms with Gasteiger partial charge in [-0.05, 0) is 65.4 Å². The van der Waals surface area contributed by atoms with E-state index in [4.69, 9.17) is 20.5 Å². The van der Waals surface area contributed by atoms with E-state index >= 15 is 0 Å². The molecule has 37 heavy (non-hydrogen) atoms. The van der Waals surface area contributed by atoms with Gasteiger partial charge in [-0.15, -0.1) is 0 Å². The number of imidazole rings is 1. The molecule has 0 aliphatic carbocycles. The van der Waals surface area contributed by atoms with Crippen molar-refractivity contribution >= 4 is 41.2 Å². The summed E-state index contributed by atoms with van der Waals surface area (Å²) in [5.74, 6) is 0.396. The van der Waals surface area contributed by atoms with Gasteiger partial charge < -0.3 is 29.9 Å². The van der Waals surface area contributed by atoms with Gasteiger partial charge in [-0.1, -0.05) is 12.1 Å². The van der Waals surface area contributed by atoms with Gasteiger partial charge in [0.05, 0.1) is 23.2 Å². The zero-order valence-electron chi connectivity index (χ0n) is 22.0. The molecule has 10 heteroatoms. The minimum Gasteiger partial charge on any atom is -0.489 e. The predicted molar refractivity (Wildman–Crippen MR) is 147 cm³/mol. The van der Waals surface area contributed by atoms with Gasteiger partial charge >= 0.3 is 0 Å². The number of aromatic nitrogens is 2. The van der Waals surface area contributed by atoms with Gasteiger partial charge in [-0.25, -0.2) is 4.98 Å². The van der Waals surface area contributed by atoms with Gasteiger partial charge in [0.15, 0.2) is 0 Å². The van der Waals surface area contributed by atoms with E-state index in [0.717, 1.165) is 37.2 Å². The van der Waals surface area contributed by atoms with Crippen LogP contribution in [0.15, 0.2) is 42.0 Å². The van der Waals surface area contributed by atoms with Crippen LogP contribution >= 0.6 is 0 Å². The summed E-state index contributed by atoms with van der Waals surface area (Å²) < 4.78 is 8.08. The van der Waals surface area contributed by atoms with Crippen molar-refractivity contribution < 1.29 is 14.3 Å². The highest BCUT2D eigenvalue weighted by molar-refractivity contribution is 6.18. The number of anilines is 1. The molecule has 1 aromatic heterocycles. The van der Waals surface area contributed by atoms with Crippen LogP contribution in [0, 0.1) is 10.8 Å². The van der Waals surface area contributed by atoms with Crippen LogP contribution in [0.3, 0.4) is 0 Å². The minimum atomic E-state index is -0.533. The van der Waals surface area contributed by atoms with Crippen molar-refractivity contribution in [1.82, 2.24) is 19.4 Å². The summed E-state index contributed by atoms with van der Waals surface area (Å²) in [6, 6.07) is 5.46. The summed E-state index contributed by atoms with van der Waals surface area (Å²) in [6.07, 6.45) is 9.15. The minimum absolute atomic E-state index is 0.0379. The first-order valence-corrected chi connectivity index (χ1v) is 12.6. The molecule has 1 unspecified atom stereocenters. The van der Waals surface area contributed by atoms with E-state index in [0.29, 0.717) is 36.8 Å². The number of hydrogen-bond acceptors (Lipinski definition) is 7. The first-order chi connectivity index (χ1) is 17.7. The normalized spacial score (nSPS) is 16.9. The quantitative estimate of drug-likeness (QED) is 0.334. The monoisotopic (exact) mass is 507 g/mol. The lowest BCUT2D eigenvalue weighted by Crippen LogP contribution is -2.35. The number of allylic oxidation sites excluding steroid dienone is 1. The Balaban J connectivity index is 2.06. The number of amides is 2. The van der Waals surface area contributed by atoms with Crippen molar-refractivity contribution in [3.63, 3.8) is 0 Å². The van der Waals surface area contributed by atoms with Gasteiger partial charge in [0.1, 0.15) is 11.3 Å². The lowest BCUT2D eigenvalue weighted by Gasteiger charge is -2.27. The Morgan fingerprint density at radius 2 is 2.05 bits per heavy atom. The van der Waals surface area contributed by atoms with Crippen LogP contribution in [0.4, 0.5) is 5.95 Å². The zero-order chi connectivity index (χ0) is 26.9. The van der Waals surface area contributed by atoms with E-state index in [2.05, 4.69) is 5.32 Å². The molecule has 2 aromatic rings. The number of likely N-dealkylation sites (tertiary alicyclic amines) is 1. The number of nitrogens with one attached hydrogen (secondary N) is 3. The molecule has 3 N–H and O–H groups in total. The van der Waals surface area contributed by atoms with Gasteiger partial charge in [0.25, 0.3) is 5.91 Å². The molecule has 10 nitrogen and oxygen atoms in total. The molecule has 1 saturated heterocycles. The Kier molecular flexibility index (Phi) is 9.73. The second-order valence-corrected chi connectivity index (χ2v) is 9.58. The summed E-state index contributed by atoms with van der Waals surface area (Å²) >= 11 is 0. The molecular weight excluding hydrogens is 470 g/mol. The topological polar surface area (TPSA) is 127 Å². The second-order valence-electron chi connectivity index (χ2n) is 9.58. The average molecular weight is 508 g/mol. The summed E-state index contributed by atoms with van der Waals surface area (Å²) in [7, 11) is 3.91. The molecule has 1 aliphatic heterocycles. The number of likely N-dealkylation sites (N-methyl/N-ethyl adjacent to an activating group) is 1. The summed E-state index contributed by atoms with van der Waals surface area (Å²) in [5, 5.41) is 17.7. The van der Waals surface area contributed by atoms with E-state index in [1.54, 1.807) is 6.08 Å². The van der Waals surface area contributed by atoms with Crippen LogP contribution in [0.25, 0.3) is 11.0 Å². The third-order valence-corrected chi connectivity index (χ3v) is 6.00. The van der Waals surface area contributed by atoms with Crippen LogP contribution in [-0.2, 0) is 9.59 Å². The molecule has 1 aliphatic rings. The Morgan fingerprint density at radius 3 is 2.73 bits per heavy atom. The van der Waals surface area contributed by atoms with Crippen molar-refractivity contribution in [1.29, 1.82) is 10.8 Å². The lowest BCUT2D eigenvalue weighted by atomic mass is 10.1. The molecule has 0 bridgehead atoms. The Morgan fingerprint density at radius 1 is 1.27 bits per heavy atom. The molecule has 198 valence electrons. The number of rotatable bonds is 10. The van der Waals surface area contributed by atoms with Crippen molar-refractivity contribution in [2.75, 3.05) is 39.0 Å². The molecule has 0 saturated carbocycles. The van der Waals surface area contributed by atoms with Gasteiger partial charge in [0.2, 0.25) is 11.9 Å². The van der Waals surface area contributed by atoms with Crippen molar-refractivity contribution in [2.24, 2.45) is 0 Å². The fourth-order valence-corrected chi connectivity index (χ4v) is 4.36. The zero-order valence-corrected chi connectivity index (χ0v) is 22.0. The van der Waals surface area contributed by atoms with Crippen molar-refractivity contribution in [3.05, 3.63) is 42.0 Å². The number of hydrogen-bond donors (Lipinski definition) is 3. The van der Waals surface area contributed by atoms with Crippen molar-refractivity contribution in [3.8, 4) is 5.75 Å². The number of para-hydroxylation sites is 1. The number of carbonyl (C=O) groups is 2. The van der Waals surface area contributed by atoms with E-state index in [1.807, 2.05) is 66.6 Å². The molecule has 3 rings (SSSR count). The van der Waals surface area contributed by atoms with Gasteiger partial charge in [-0.2, -0.15) is 0 Å². The number of ether oxygens (including phenoxy) is 1. The average Bonchev–Trinajstić information content (AvgIpc) is 3.03. The predicted octanol–water partition coefficient (Wildman–Crippen LogP) is 3.66. The fourth-order valence-electron chi connectivity index (χ4n) is 4.36. The molecule has 1 atom stereocenters. The molecule has 2 heterocycles. The smallest absolute Gasteiger partial charge is 0.259 e. The molecule has 2 amide bonds. The summed E-state index contributed by atoms with van der Waals surface area (Å²) in [5.41, 5.74) is 1.45. The maximum Gasteiger partial charge on any atom is 0.259 e. The lowest BCUT2D eigenvalue weighted by molar-refractivity contribution is -0.126. The number of nitrogens with zero attached hydrogens (tertiary/aromatic N) is 4. The van der Waals surface area contributed by atoms with Crippen LogP contribution < -0.4 is 10.1 Å². The Bertz CT molecular complexity index is 1200. The van der Waals surface area contributed by atoms with Gasteiger partial charge in [0, 0.05) is 38.1 Å². The highest BCUT2D eigenvalue weighted by atomic mass is 16.5. The molecule has 0 radical (unpaired) electrons. The Hall–Kier alpha value is -3.79. The second kappa shape index (κ2) is 13.0. The summed E-state index contributed by atoms with van der Waals surface area (Å²) in [4.78, 5) is 34.5.